The summed E-state index contributed by atoms with van der Waals surface area (Å²) in [6, 6.07) is 6.77. The van der Waals surface area contributed by atoms with Gasteiger partial charge in [0.25, 0.3) is 0 Å². The molecule has 0 aliphatic rings. The number of alkyl halides is 1. The predicted molar refractivity (Wildman–Crippen MR) is 71.9 cm³/mol. The molecule has 1 rings (SSSR count). The van der Waals surface area contributed by atoms with E-state index < -0.39 is 12.1 Å². The zero-order chi connectivity index (χ0) is 13.4. The van der Waals surface area contributed by atoms with Crippen molar-refractivity contribution in [3.63, 3.8) is 0 Å². The van der Waals surface area contributed by atoms with E-state index in [1.807, 2.05) is 0 Å². The summed E-state index contributed by atoms with van der Waals surface area (Å²) in [5, 5.41) is 10.6. The van der Waals surface area contributed by atoms with Crippen LogP contribution in [0.3, 0.4) is 0 Å². The topological polar surface area (TPSA) is 55.8 Å². The van der Waals surface area contributed by atoms with Crippen molar-refractivity contribution in [3.05, 3.63) is 29.8 Å². The molecule has 1 atom stereocenters. The van der Waals surface area contributed by atoms with Crippen LogP contribution in [0.2, 0.25) is 0 Å². The minimum Gasteiger partial charge on any atom is -0.494 e. The molecule has 0 aliphatic heterocycles. The van der Waals surface area contributed by atoms with Gasteiger partial charge in [-0.1, -0.05) is 28.1 Å². The van der Waals surface area contributed by atoms with Crippen molar-refractivity contribution in [1.82, 2.24) is 0 Å². The lowest BCUT2D eigenvalue weighted by molar-refractivity contribution is -0.153. The summed E-state index contributed by atoms with van der Waals surface area (Å²) in [4.78, 5) is 11.3. The molecular formula is C13H17BrO4. The van der Waals surface area contributed by atoms with Crippen LogP contribution in [0.25, 0.3) is 0 Å². The fourth-order valence-electron chi connectivity index (χ4n) is 1.35. The second-order valence-corrected chi connectivity index (χ2v) is 4.41. The van der Waals surface area contributed by atoms with E-state index in [4.69, 9.17) is 9.47 Å². The molecule has 4 nitrogen and oxygen atoms in total. The van der Waals surface area contributed by atoms with Crippen molar-refractivity contribution < 1.29 is 19.4 Å². The summed E-state index contributed by atoms with van der Waals surface area (Å²) in [6.07, 6.45) is -0.311. The van der Waals surface area contributed by atoms with Crippen LogP contribution in [0.4, 0.5) is 0 Å². The highest BCUT2D eigenvalue weighted by Crippen LogP contribution is 2.19. The first-order chi connectivity index (χ1) is 8.69. The minimum absolute atomic E-state index is 0.254. The Kier molecular flexibility index (Phi) is 6.75. The number of rotatable bonds is 7. The first-order valence-electron chi connectivity index (χ1n) is 5.82. The zero-order valence-corrected chi connectivity index (χ0v) is 11.9. The summed E-state index contributed by atoms with van der Waals surface area (Å²) in [5.41, 5.74) is 0.501. The van der Waals surface area contributed by atoms with Crippen molar-refractivity contribution in [2.45, 2.75) is 19.4 Å². The second kappa shape index (κ2) is 8.11. The number of ether oxygens (including phenoxy) is 2. The van der Waals surface area contributed by atoms with Gasteiger partial charge in [-0.3, -0.25) is 0 Å². The molecule has 0 bridgehead atoms. The van der Waals surface area contributed by atoms with Crippen LogP contribution in [0.15, 0.2) is 24.3 Å². The third-order valence-corrected chi connectivity index (χ3v) is 2.81. The summed E-state index contributed by atoms with van der Waals surface area (Å²) in [7, 11) is 0. The molecule has 0 amide bonds. The number of aliphatic hydroxyl groups is 1. The SMILES string of the molecule is CCOC(=O)[C@H](O)c1ccc(OCCCBr)cc1. The van der Waals surface area contributed by atoms with E-state index in [2.05, 4.69) is 15.9 Å². The van der Waals surface area contributed by atoms with Crippen molar-refractivity contribution in [2.24, 2.45) is 0 Å². The van der Waals surface area contributed by atoms with Gasteiger partial charge in [0.05, 0.1) is 13.2 Å². The summed E-state index contributed by atoms with van der Waals surface area (Å²) in [6.45, 7) is 2.58. The van der Waals surface area contributed by atoms with Gasteiger partial charge in [-0.05, 0) is 31.0 Å². The molecule has 0 radical (unpaired) electrons. The van der Waals surface area contributed by atoms with Crippen LogP contribution in [0, 0.1) is 0 Å². The number of hydrogen-bond donors (Lipinski definition) is 1. The number of halogens is 1. The predicted octanol–water partition coefficient (Wildman–Crippen LogP) is 2.45. The highest BCUT2D eigenvalue weighted by atomic mass is 79.9. The van der Waals surface area contributed by atoms with Crippen LogP contribution in [-0.2, 0) is 9.53 Å². The van der Waals surface area contributed by atoms with E-state index in [0.717, 1.165) is 17.5 Å². The lowest BCUT2D eigenvalue weighted by Gasteiger charge is -2.11. The number of esters is 1. The third kappa shape index (κ3) is 4.66. The summed E-state index contributed by atoms with van der Waals surface area (Å²) < 4.78 is 10.2. The lowest BCUT2D eigenvalue weighted by Crippen LogP contribution is -2.15. The Morgan fingerprint density at radius 1 is 1.39 bits per heavy atom. The summed E-state index contributed by atoms with van der Waals surface area (Å²) in [5.74, 6) is 0.0845. The second-order valence-electron chi connectivity index (χ2n) is 3.61. The fourth-order valence-corrected chi connectivity index (χ4v) is 1.58. The van der Waals surface area contributed by atoms with Crippen LogP contribution < -0.4 is 4.74 Å². The Morgan fingerprint density at radius 2 is 2.06 bits per heavy atom. The normalized spacial score (nSPS) is 11.9. The van der Waals surface area contributed by atoms with Gasteiger partial charge in [-0.2, -0.15) is 0 Å². The van der Waals surface area contributed by atoms with Crippen molar-refractivity contribution in [1.29, 1.82) is 0 Å². The highest BCUT2D eigenvalue weighted by molar-refractivity contribution is 9.09. The lowest BCUT2D eigenvalue weighted by atomic mass is 10.1. The zero-order valence-electron chi connectivity index (χ0n) is 10.3. The van der Waals surface area contributed by atoms with Gasteiger partial charge in [-0.15, -0.1) is 0 Å². The van der Waals surface area contributed by atoms with E-state index in [0.29, 0.717) is 12.2 Å². The molecule has 0 heterocycles. The van der Waals surface area contributed by atoms with Crippen LogP contribution in [0.5, 0.6) is 5.75 Å². The number of carbonyl (C=O) groups excluding carboxylic acids is 1. The quantitative estimate of drug-likeness (QED) is 0.477. The molecule has 0 unspecified atom stereocenters. The Labute approximate surface area is 115 Å². The van der Waals surface area contributed by atoms with Crippen molar-refractivity contribution in [3.8, 4) is 5.75 Å². The molecule has 5 heteroatoms. The Morgan fingerprint density at radius 3 is 2.61 bits per heavy atom. The first-order valence-corrected chi connectivity index (χ1v) is 6.94. The van der Waals surface area contributed by atoms with E-state index in [1.165, 1.54) is 0 Å². The molecule has 18 heavy (non-hydrogen) atoms. The van der Waals surface area contributed by atoms with Gasteiger partial charge in [0.1, 0.15) is 5.75 Å². The van der Waals surface area contributed by atoms with Gasteiger partial charge in [0, 0.05) is 5.33 Å². The molecule has 1 N–H and O–H groups in total. The van der Waals surface area contributed by atoms with Gasteiger partial charge in [-0.25, -0.2) is 4.79 Å². The maximum atomic E-state index is 11.3. The van der Waals surface area contributed by atoms with Crippen LogP contribution in [0.1, 0.15) is 25.0 Å². The molecule has 0 aromatic heterocycles. The standard InChI is InChI=1S/C13H17BrO4/c1-2-17-13(16)12(15)10-4-6-11(7-5-10)18-9-3-8-14/h4-7,12,15H,2-3,8-9H2,1H3/t12-/m1/s1. The minimum atomic E-state index is -1.23. The van der Waals surface area contributed by atoms with Crippen molar-refractivity contribution in [2.75, 3.05) is 18.5 Å². The van der Waals surface area contributed by atoms with Gasteiger partial charge < -0.3 is 14.6 Å². The van der Waals surface area contributed by atoms with Crippen molar-refractivity contribution >= 4 is 21.9 Å². The average Bonchev–Trinajstić information content (AvgIpc) is 2.39. The molecule has 0 fully saturated rings. The van der Waals surface area contributed by atoms with E-state index in [-0.39, 0.29) is 6.61 Å². The van der Waals surface area contributed by atoms with E-state index in [9.17, 15) is 9.90 Å². The number of aliphatic hydroxyl groups excluding tert-OH is 1. The van der Waals surface area contributed by atoms with E-state index in [1.54, 1.807) is 31.2 Å². The maximum Gasteiger partial charge on any atom is 0.339 e. The largest absolute Gasteiger partial charge is 0.494 e. The molecule has 0 aliphatic carbocycles. The number of hydrogen-bond acceptors (Lipinski definition) is 4. The van der Waals surface area contributed by atoms with E-state index >= 15 is 0 Å². The molecule has 0 spiro atoms. The Hall–Kier alpha value is -1.07. The summed E-state index contributed by atoms with van der Waals surface area (Å²) >= 11 is 3.32. The van der Waals surface area contributed by atoms with Gasteiger partial charge in [0.15, 0.2) is 6.10 Å². The highest BCUT2D eigenvalue weighted by Gasteiger charge is 2.18. The molecular weight excluding hydrogens is 300 g/mol. The first kappa shape index (κ1) is 15.0. The number of benzene rings is 1. The van der Waals surface area contributed by atoms with Crippen LogP contribution in [-0.4, -0.2) is 29.6 Å². The third-order valence-electron chi connectivity index (χ3n) is 2.25. The monoisotopic (exact) mass is 316 g/mol. The number of carbonyl (C=O) groups is 1. The molecule has 0 saturated heterocycles. The Bertz CT molecular complexity index is 364. The maximum absolute atomic E-state index is 11.3. The molecule has 0 saturated carbocycles. The molecule has 100 valence electrons. The van der Waals surface area contributed by atoms with Gasteiger partial charge in [0.2, 0.25) is 0 Å². The fraction of sp³-hybridized carbons (Fsp3) is 0.462. The molecule has 1 aromatic rings. The van der Waals surface area contributed by atoms with Gasteiger partial charge >= 0.3 is 5.97 Å². The van der Waals surface area contributed by atoms with Crippen LogP contribution >= 0.6 is 15.9 Å². The smallest absolute Gasteiger partial charge is 0.339 e. The average molecular weight is 317 g/mol. The molecule has 1 aromatic carbocycles. The Balaban J connectivity index is 2.56.